The van der Waals surface area contributed by atoms with Gasteiger partial charge in [0.05, 0.1) is 0 Å². The third-order valence-corrected chi connectivity index (χ3v) is 2.22. The Labute approximate surface area is 76.7 Å². The predicted molar refractivity (Wildman–Crippen MR) is 51.0 cm³/mol. The van der Waals surface area contributed by atoms with Crippen molar-refractivity contribution < 1.29 is 4.79 Å². The van der Waals surface area contributed by atoms with Crippen LogP contribution in [0.1, 0.15) is 6.42 Å². The number of fused-ring (bicyclic) bond motifs is 1. The van der Waals surface area contributed by atoms with Crippen molar-refractivity contribution >= 4 is 6.08 Å². The van der Waals surface area contributed by atoms with E-state index >= 15 is 0 Å². The highest BCUT2D eigenvalue weighted by Crippen LogP contribution is 2.27. The number of nitrogens with zero attached hydrogens (tertiary/aromatic N) is 1. The Hall–Kier alpha value is -1.66. The van der Waals surface area contributed by atoms with E-state index < -0.39 is 0 Å². The highest BCUT2D eigenvalue weighted by Gasteiger charge is 2.17. The van der Waals surface area contributed by atoms with Gasteiger partial charge in [0.25, 0.3) is 0 Å². The molecule has 0 N–H and O–H groups in total. The van der Waals surface area contributed by atoms with Gasteiger partial charge in [-0.2, -0.15) is 4.99 Å². The van der Waals surface area contributed by atoms with Gasteiger partial charge in [0, 0.05) is 0 Å². The molecular weight excluding hydrogens is 162 g/mol. The maximum absolute atomic E-state index is 10.2. The first-order chi connectivity index (χ1) is 6.42. The van der Waals surface area contributed by atoms with Crippen molar-refractivity contribution in [2.75, 3.05) is 0 Å². The number of aliphatic imine (C=N–C) groups is 1. The fraction of sp³-hybridized carbons (Fsp3) is 0.182. The molecule has 0 aromatic rings. The molecule has 0 amide bonds. The van der Waals surface area contributed by atoms with Crippen LogP contribution in [-0.4, -0.2) is 12.1 Å². The summed E-state index contributed by atoms with van der Waals surface area (Å²) in [5.41, 5.74) is 2.36. The molecule has 0 radical (unpaired) electrons. The normalized spacial score (nSPS) is 24.2. The Morgan fingerprint density at radius 2 is 2.31 bits per heavy atom. The van der Waals surface area contributed by atoms with E-state index in [0.29, 0.717) is 0 Å². The summed E-state index contributed by atoms with van der Waals surface area (Å²) >= 11 is 0. The Kier molecular flexibility index (Phi) is 2.07. The molecule has 13 heavy (non-hydrogen) atoms. The largest absolute Gasteiger partial charge is 0.235 e. The van der Waals surface area contributed by atoms with E-state index in [1.54, 1.807) is 6.08 Å². The van der Waals surface area contributed by atoms with E-state index in [9.17, 15) is 4.79 Å². The summed E-state index contributed by atoms with van der Waals surface area (Å²) in [5, 5.41) is 0. The molecule has 0 aromatic heterocycles. The van der Waals surface area contributed by atoms with Gasteiger partial charge in [0.15, 0.2) is 0 Å². The second kappa shape index (κ2) is 3.38. The van der Waals surface area contributed by atoms with Gasteiger partial charge in [-0.15, -0.1) is 0 Å². The van der Waals surface area contributed by atoms with Crippen LogP contribution in [0.2, 0.25) is 0 Å². The minimum atomic E-state index is -0.123. The number of hydrogen-bond acceptors (Lipinski definition) is 2. The zero-order valence-electron chi connectivity index (χ0n) is 7.10. The molecule has 0 aliphatic heterocycles. The van der Waals surface area contributed by atoms with Gasteiger partial charge in [-0.05, 0) is 17.6 Å². The van der Waals surface area contributed by atoms with Crippen molar-refractivity contribution in [1.29, 1.82) is 0 Å². The van der Waals surface area contributed by atoms with E-state index in [4.69, 9.17) is 0 Å². The summed E-state index contributed by atoms with van der Waals surface area (Å²) in [7, 11) is 0. The lowest BCUT2D eigenvalue weighted by Gasteiger charge is -2.19. The second-order valence-corrected chi connectivity index (χ2v) is 3.00. The lowest BCUT2D eigenvalue weighted by molar-refractivity contribution is 0.562. The Morgan fingerprint density at radius 3 is 3.15 bits per heavy atom. The third-order valence-electron chi connectivity index (χ3n) is 2.22. The number of hydrogen-bond donors (Lipinski definition) is 0. The molecule has 0 aromatic carbocycles. The molecule has 0 bridgehead atoms. The summed E-state index contributed by atoms with van der Waals surface area (Å²) in [4.78, 5) is 13.9. The van der Waals surface area contributed by atoms with Crippen molar-refractivity contribution in [3.63, 3.8) is 0 Å². The van der Waals surface area contributed by atoms with Gasteiger partial charge in [-0.1, -0.05) is 36.5 Å². The number of isocyanates is 1. The maximum Gasteiger partial charge on any atom is 0.235 e. The van der Waals surface area contributed by atoms with Crippen LogP contribution >= 0.6 is 0 Å². The molecule has 0 saturated carbocycles. The van der Waals surface area contributed by atoms with Crippen molar-refractivity contribution in [1.82, 2.24) is 0 Å². The standard InChI is InChI=1S/C11H9NO/c13-8-12-11-7-3-5-9-4-1-2-6-10(9)11/h1-3,5-7,11H,4H2. The quantitative estimate of drug-likeness (QED) is 0.438. The molecule has 2 aliphatic carbocycles. The van der Waals surface area contributed by atoms with Crippen LogP contribution in [0.15, 0.2) is 52.6 Å². The SMILES string of the molecule is O=C=NC1C=CC=C2CC=CC=C21. The smallest absolute Gasteiger partial charge is 0.211 e. The summed E-state index contributed by atoms with van der Waals surface area (Å²) in [6, 6.07) is -0.123. The molecule has 1 unspecified atom stereocenters. The topological polar surface area (TPSA) is 29.4 Å². The predicted octanol–water partition coefficient (Wildman–Crippen LogP) is 2.07. The van der Waals surface area contributed by atoms with Crippen LogP contribution in [0.25, 0.3) is 0 Å². The Bertz CT molecular complexity index is 379. The number of rotatable bonds is 1. The van der Waals surface area contributed by atoms with E-state index in [1.165, 1.54) is 5.57 Å². The van der Waals surface area contributed by atoms with Crippen molar-refractivity contribution in [3.8, 4) is 0 Å². The molecule has 2 aliphatic rings. The van der Waals surface area contributed by atoms with Crippen LogP contribution < -0.4 is 0 Å². The molecular formula is C11H9NO. The molecule has 0 saturated heterocycles. The first-order valence-electron chi connectivity index (χ1n) is 4.23. The van der Waals surface area contributed by atoms with Crippen molar-refractivity contribution in [2.45, 2.75) is 12.5 Å². The van der Waals surface area contributed by atoms with Gasteiger partial charge in [0.1, 0.15) is 6.04 Å². The lowest BCUT2D eigenvalue weighted by atomic mass is 9.89. The zero-order chi connectivity index (χ0) is 9.10. The van der Waals surface area contributed by atoms with E-state index in [1.807, 2.05) is 24.3 Å². The van der Waals surface area contributed by atoms with Gasteiger partial charge >= 0.3 is 0 Å². The highest BCUT2D eigenvalue weighted by atomic mass is 16.1. The Morgan fingerprint density at radius 1 is 1.38 bits per heavy atom. The first-order valence-corrected chi connectivity index (χ1v) is 4.23. The van der Waals surface area contributed by atoms with Gasteiger partial charge in [0.2, 0.25) is 6.08 Å². The van der Waals surface area contributed by atoms with Crippen molar-refractivity contribution in [3.05, 3.63) is 47.6 Å². The van der Waals surface area contributed by atoms with Gasteiger partial charge in [-0.3, -0.25) is 0 Å². The molecule has 0 fully saturated rings. The maximum atomic E-state index is 10.2. The van der Waals surface area contributed by atoms with E-state index in [2.05, 4.69) is 17.1 Å². The average Bonchev–Trinajstić information content (AvgIpc) is 2.19. The second-order valence-electron chi connectivity index (χ2n) is 3.00. The van der Waals surface area contributed by atoms with E-state index in [0.717, 1.165) is 12.0 Å². The minimum absolute atomic E-state index is 0.123. The molecule has 0 heterocycles. The molecule has 2 rings (SSSR count). The zero-order valence-corrected chi connectivity index (χ0v) is 7.10. The fourth-order valence-corrected chi connectivity index (χ4v) is 1.59. The molecule has 0 spiro atoms. The summed E-state index contributed by atoms with van der Waals surface area (Å²) in [6.45, 7) is 0. The molecule has 64 valence electrons. The summed E-state index contributed by atoms with van der Waals surface area (Å²) in [6.07, 6.45) is 14.5. The van der Waals surface area contributed by atoms with Gasteiger partial charge in [-0.25, -0.2) is 4.79 Å². The van der Waals surface area contributed by atoms with Crippen LogP contribution in [0.5, 0.6) is 0 Å². The van der Waals surface area contributed by atoms with Crippen LogP contribution in [0.4, 0.5) is 0 Å². The molecule has 1 atom stereocenters. The monoisotopic (exact) mass is 171 g/mol. The minimum Gasteiger partial charge on any atom is -0.211 e. The third kappa shape index (κ3) is 1.44. The number of allylic oxidation sites excluding steroid dienone is 5. The van der Waals surface area contributed by atoms with Crippen molar-refractivity contribution in [2.24, 2.45) is 4.99 Å². The number of carbonyl (C=O) groups excluding carboxylic acids is 1. The highest BCUT2D eigenvalue weighted by molar-refractivity contribution is 5.51. The molecule has 2 heteroatoms. The van der Waals surface area contributed by atoms with Crippen LogP contribution in [0.3, 0.4) is 0 Å². The fourth-order valence-electron chi connectivity index (χ4n) is 1.59. The molecule has 2 nitrogen and oxygen atoms in total. The first kappa shape index (κ1) is 7.96. The Balaban J connectivity index is 2.39. The van der Waals surface area contributed by atoms with E-state index in [-0.39, 0.29) is 6.04 Å². The summed E-state index contributed by atoms with van der Waals surface area (Å²) in [5.74, 6) is 0. The van der Waals surface area contributed by atoms with Crippen LogP contribution in [-0.2, 0) is 4.79 Å². The lowest BCUT2D eigenvalue weighted by Crippen LogP contribution is -2.11. The average molecular weight is 171 g/mol. The van der Waals surface area contributed by atoms with Gasteiger partial charge < -0.3 is 0 Å². The van der Waals surface area contributed by atoms with Crippen LogP contribution in [0, 0.1) is 0 Å². The summed E-state index contributed by atoms with van der Waals surface area (Å²) < 4.78 is 0.